The second-order valence-corrected chi connectivity index (χ2v) is 18.9. The second-order valence-electron chi connectivity index (χ2n) is 17.5. The lowest BCUT2D eigenvalue weighted by Gasteiger charge is -2.28. The quantitative estimate of drug-likeness (QED) is 0.0195. The number of phosphoric acid groups is 1. The Bertz CT molecular complexity index is 1280. The topological polar surface area (TPSA) is 111 Å². The molecular weight excluding hydrogens is 798 g/mol. The molecule has 1 unspecified atom stereocenters. The van der Waals surface area contributed by atoms with Gasteiger partial charge in [0.05, 0.1) is 27.7 Å². The molecule has 9 nitrogen and oxygen atoms in total. The Labute approximate surface area is 380 Å². The normalized spacial score (nSPS) is 14.1. The maximum atomic E-state index is 12.7. The molecule has 0 aromatic carbocycles. The first-order valence-corrected chi connectivity index (χ1v) is 26.1. The molecule has 0 saturated heterocycles. The summed E-state index contributed by atoms with van der Waals surface area (Å²) >= 11 is 0. The third-order valence-electron chi connectivity index (χ3n) is 10.3. The molecule has 2 atom stereocenters. The van der Waals surface area contributed by atoms with Gasteiger partial charge in [0.25, 0.3) is 7.82 Å². The smallest absolute Gasteiger partial charge is 0.306 e. The minimum atomic E-state index is -4.65. The van der Waals surface area contributed by atoms with Crippen molar-refractivity contribution in [3.63, 3.8) is 0 Å². The summed E-state index contributed by atoms with van der Waals surface area (Å²) in [6.45, 7) is 4.04. The zero-order chi connectivity index (χ0) is 45.7. The standard InChI is InChI=1S/C52H92NO8P/c1-6-8-10-12-14-16-18-20-22-24-26-28-30-32-34-36-38-40-42-44-51(54)58-48-50(49-60-62(56,57)59-47-46-53(3,4)5)61-52(55)45-43-41-39-37-35-33-31-29-27-25-23-21-19-17-15-13-11-9-7-2/h9,11,15,17,21,23,27,29,33,35,39,41,50H,6-8,10,12-14,16,18-20,22,24-26,28,30-32,34,36-38,40,42-49H2,1-5H3/b11-9+,17-15+,23-21+,29-27+,35-33+,41-39+/t50-/m1/s1. The van der Waals surface area contributed by atoms with Crippen molar-refractivity contribution in [2.24, 2.45) is 0 Å². The number of hydrogen-bond acceptors (Lipinski definition) is 8. The number of rotatable bonds is 44. The van der Waals surface area contributed by atoms with Crippen LogP contribution in [0.4, 0.5) is 0 Å². The molecular formula is C52H92NO8P. The lowest BCUT2D eigenvalue weighted by Crippen LogP contribution is -2.37. The molecule has 0 aromatic heterocycles. The molecule has 62 heavy (non-hydrogen) atoms. The maximum Gasteiger partial charge on any atom is 0.306 e. The molecule has 0 saturated carbocycles. The highest BCUT2D eigenvalue weighted by Gasteiger charge is 2.21. The number of nitrogens with zero attached hydrogens (tertiary/aromatic N) is 1. The number of allylic oxidation sites excluding steroid dienone is 12. The third-order valence-corrected chi connectivity index (χ3v) is 11.2. The summed E-state index contributed by atoms with van der Waals surface area (Å²) in [6, 6.07) is 0. The molecule has 0 aliphatic heterocycles. The molecule has 0 aromatic rings. The molecule has 0 N–H and O–H groups in total. The average molecular weight is 890 g/mol. The lowest BCUT2D eigenvalue weighted by molar-refractivity contribution is -0.870. The van der Waals surface area contributed by atoms with Crippen LogP contribution in [0, 0.1) is 0 Å². The molecule has 0 bridgehead atoms. The Morgan fingerprint density at radius 1 is 0.516 bits per heavy atom. The van der Waals surface area contributed by atoms with E-state index in [0.717, 1.165) is 57.8 Å². The molecule has 0 spiro atoms. The van der Waals surface area contributed by atoms with Crippen LogP contribution in [0.1, 0.15) is 194 Å². The van der Waals surface area contributed by atoms with E-state index in [4.69, 9.17) is 18.5 Å². The van der Waals surface area contributed by atoms with E-state index in [2.05, 4.69) is 74.6 Å². The highest BCUT2D eigenvalue weighted by Crippen LogP contribution is 2.38. The number of likely N-dealkylation sites (N-methyl/N-ethyl adjacent to an activating group) is 1. The van der Waals surface area contributed by atoms with E-state index in [1.165, 1.54) is 103 Å². The van der Waals surface area contributed by atoms with E-state index in [1.807, 2.05) is 33.3 Å². The monoisotopic (exact) mass is 890 g/mol. The first kappa shape index (κ1) is 59.5. The number of unbranched alkanes of at least 4 members (excludes halogenated alkanes) is 18. The van der Waals surface area contributed by atoms with Gasteiger partial charge in [0.2, 0.25) is 0 Å². The summed E-state index contributed by atoms with van der Waals surface area (Å²) in [5.41, 5.74) is 0. The summed E-state index contributed by atoms with van der Waals surface area (Å²) in [7, 11) is 1.11. The first-order valence-electron chi connectivity index (χ1n) is 24.6. The van der Waals surface area contributed by atoms with Gasteiger partial charge in [-0.05, 0) is 51.4 Å². The molecule has 358 valence electrons. The van der Waals surface area contributed by atoms with Crippen LogP contribution in [0.2, 0.25) is 0 Å². The van der Waals surface area contributed by atoms with Crippen molar-refractivity contribution < 1.29 is 42.1 Å². The molecule has 0 aliphatic rings. The van der Waals surface area contributed by atoms with Crippen LogP contribution in [-0.2, 0) is 32.7 Å². The molecule has 0 amide bonds. The molecule has 0 radical (unpaired) electrons. The van der Waals surface area contributed by atoms with Gasteiger partial charge < -0.3 is 27.9 Å². The van der Waals surface area contributed by atoms with Crippen molar-refractivity contribution >= 4 is 19.8 Å². The van der Waals surface area contributed by atoms with Gasteiger partial charge in [-0.2, -0.15) is 0 Å². The van der Waals surface area contributed by atoms with Crippen molar-refractivity contribution in [2.45, 2.75) is 200 Å². The van der Waals surface area contributed by atoms with Crippen LogP contribution in [0.3, 0.4) is 0 Å². The SMILES string of the molecule is CC/C=C/C/C=C/C/C=C/C/C=C/C/C=C/C/C=C/CCC(=O)O[C@H](COC(=O)CCCCCCCCCCCCCCCCCCCCC)COP(=O)([O-])OCC[N+](C)(C)C. The van der Waals surface area contributed by atoms with E-state index in [-0.39, 0.29) is 26.1 Å². The summed E-state index contributed by atoms with van der Waals surface area (Å²) in [6.07, 6.45) is 55.2. The number of hydrogen-bond donors (Lipinski definition) is 0. The number of quaternary nitrogens is 1. The van der Waals surface area contributed by atoms with E-state index in [1.54, 1.807) is 0 Å². The van der Waals surface area contributed by atoms with Gasteiger partial charge >= 0.3 is 11.9 Å². The van der Waals surface area contributed by atoms with Gasteiger partial charge in [0.15, 0.2) is 6.10 Å². The number of esters is 2. The molecule has 0 rings (SSSR count). The highest BCUT2D eigenvalue weighted by atomic mass is 31.2. The van der Waals surface area contributed by atoms with Crippen molar-refractivity contribution in [2.75, 3.05) is 47.5 Å². The van der Waals surface area contributed by atoms with Gasteiger partial charge in [-0.15, -0.1) is 0 Å². The van der Waals surface area contributed by atoms with E-state index in [0.29, 0.717) is 17.4 Å². The Morgan fingerprint density at radius 3 is 1.34 bits per heavy atom. The molecule has 0 aliphatic carbocycles. The van der Waals surface area contributed by atoms with E-state index < -0.39 is 32.5 Å². The Balaban J connectivity index is 4.39. The van der Waals surface area contributed by atoms with Crippen LogP contribution >= 0.6 is 7.82 Å². The predicted molar refractivity (Wildman–Crippen MR) is 259 cm³/mol. The fourth-order valence-electron chi connectivity index (χ4n) is 6.45. The van der Waals surface area contributed by atoms with Crippen LogP contribution in [-0.4, -0.2) is 70.0 Å². The van der Waals surface area contributed by atoms with Crippen LogP contribution in [0.15, 0.2) is 72.9 Å². The molecule has 10 heteroatoms. The fourth-order valence-corrected chi connectivity index (χ4v) is 7.17. The fraction of sp³-hybridized carbons (Fsp3) is 0.731. The maximum absolute atomic E-state index is 12.7. The first-order chi connectivity index (χ1) is 30.0. The number of carbonyl (C=O) groups excluding carboxylic acids is 2. The Morgan fingerprint density at radius 2 is 0.919 bits per heavy atom. The number of phosphoric ester groups is 1. The predicted octanol–water partition coefficient (Wildman–Crippen LogP) is 13.9. The van der Waals surface area contributed by atoms with Crippen molar-refractivity contribution in [3.8, 4) is 0 Å². The summed E-state index contributed by atoms with van der Waals surface area (Å²) in [5, 5.41) is 0. The lowest BCUT2D eigenvalue weighted by atomic mass is 10.0. The van der Waals surface area contributed by atoms with Gasteiger partial charge in [-0.25, -0.2) is 0 Å². The van der Waals surface area contributed by atoms with Gasteiger partial charge in [-0.3, -0.25) is 14.2 Å². The zero-order valence-electron chi connectivity index (χ0n) is 40.3. The largest absolute Gasteiger partial charge is 0.756 e. The second kappa shape index (κ2) is 43.7. The number of carbonyl (C=O) groups is 2. The summed E-state index contributed by atoms with van der Waals surface area (Å²) < 4.78 is 33.9. The Kier molecular flexibility index (Phi) is 41.9. The van der Waals surface area contributed by atoms with Crippen LogP contribution in [0.5, 0.6) is 0 Å². The third kappa shape index (κ3) is 46.9. The minimum absolute atomic E-state index is 0.0465. The van der Waals surface area contributed by atoms with Crippen molar-refractivity contribution in [1.29, 1.82) is 0 Å². The Hall–Kier alpha value is -2.55. The van der Waals surface area contributed by atoms with Crippen LogP contribution in [0.25, 0.3) is 0 Å². The average Bonchev–Trinajstić information content (AvgIpc) is 3.23. The summed E-state index contributed by atoms with van der Waals surface area (Å²) in [5.74, 6) is -0.930. The summed E-state index contributed by atoms with van der Waals surface area (Å²) in [4.78, 5) is 37.6. The van der Waals surface area contributed by atoms with Crippen molar-refractivity contribution in [1.82, 2.24) is 0 Å². The minimum Gasteiger partial charge on any atom is -0.756 e. The highest BCUT2D eigenvalue weighted by molar-refractivity contribution is 7.45. The zero-order valence-corrected chi connectivity index (χ0v) is 41.2. The van der Waals surface area contributed by atoms with Gasteiger partial charge in [-0.1, -0.05) is 202 Å². The van der Waals surface area contributed by atoms with Gasteiger partial charge in [0, 0.05) is 12.8 Å². The molecule has 0 fully saturated rings. The van der Waals surface area contributed by atoms with Crippen LogP contribution < -0.4 is 4.89 Å². The van der Waals surface area contributed by atoms with Crippen molar-refractivity contribution in [3.05, 3.63) is 72.9 Å². The number of ether oxygens (including phenoxy) is 2. The molecule has 0 heterocycles. The van der Waals surface area contributed by atoms with Gasteiger partial charge in [0.1, 0.15) is 19.8 Å². The van der Waals surface area contributed by atoms with E-state index >= 15 is 0 Å². The van der Waals surface area contributed by atoms with E-state index in [9.17, 15) is 19.0 Å².